The van der Waals surface area contributed by atoms with E-state index in [-0.39, 0.29) is 9.90 Å². The molecule has 0 radical (unpaired) electrons. The highest BCUT2D eigenvalue weighted by atomic mass is 35.5. The molecule has 1 heterocycles. The van der Waals surface area contributed by atoms with Gasteiger partial charge in [-0.05, 0) is 11.4 Å². The molecule has 0 aliphatic carbocycles. The van der Waals surface area contributed by atoms with Crippen molar-refractivity contribution in [2.45, 2.75) is 18.1 Å². The summed E-state index contributed by atoms with van der Waals surface area (Å²) in [6, 6.07) is -1.25. The highest BCUT2D eigenvalue weighted by molar-refractivity contribution is 7.10. The molecule has 1 aromatic rings. The van der Waals surface area contributed by atoms with Crippen molar-refractivity contribution in [1.29, 1.82) is 0 Å². The zero-order chi connectivity index (χ0) is 11.9. The zero-order valence-corrected chi connectivity index (χ0v) is 8.56. The number of thiophene rings is 1. The van der Waals surface area contributed by atoms with Crippen molar-refractivity contribution in [2.24, 2.45) is 5.73 Å². The van der Waals surface area contributed by atoms with Crippen LogP contribution in [0, 0.1) is 0 Å². The van der Waals surface area contributed by atoms with Crippen molar-refractivity contribution in [3.05, 3.63) is 21.3 Å². The van der Waals surface area contributed by atoms with E-state index < -0.39 is 18.1 Å². The average Bonchev–Trinajstić information content (AvgIpc) is 2.48. The molecule has 0 saturated heterocycles. The second kappa shape index (κ2) is 3.88. The van der Waals surface area contributed by atoms with E-state index in [4.69, 9.17) is 17.3 Å². The number of hydrogen-bond acceptors (Lipinski definition) is 2. The Kier molecular flexibility index (Phi) is 3.27. The molecule has 0 aliphatic rings. The van der Waals surface area contributed by atoms with E-state index in [0.29, 0.717) is 11.3 Å². The van der Waals surface area contributed by atoms with Crippen LogP contribution in [0.4, 0.5) is 22.0 Å². The normalized spacial score (nSPS) is 15.4. The third-order valence-corrected chi connectivity index (χ3v) is 3.14. The first kappa shape index (κ1) is 12.7. The third-order valence-electron chi connectivity index (χ3n) is 1.70. The quantitative estimate of drug-likeness (QED) is 0.813. The molecule has 1 rings (SSSR count). The lowest BCUT2D eigenvalue weighted by atomic mass is 10.1. The van der Waals surface area contributed by atoms with E-state index >= 15 is 0 Å². The molecular weight excluding hydrogens is 261 g/mol. The van der Waals surface area contributed by atoms with Crippen LogP contribution in [0.15, 0.2) is 11.4 Å². The first-order valence-electron chi connectivity index (χ1n) is 3.61. The van der Waals surface area contributed by atoms with Crippen molar-refractivity contribution in [1.82, 2.24) is 0 Å². The smallest absolute Gasteiger partial charge is 0.318 e. The summed E-state index contributed by atoms with van der Waals surface area (Å²) >= 11 is 6.08. The Hall–Kier alpha value is -0.400. The molecule has 0 aromatic carbocycles. The van der Waals surface area contributed by atoms with Gasteiger partial charge in [-0.3, -0.25) is 0 Å². The van der Waals surface area contributed by atoms with E-state index in [9.17, 15) is 22.0 Å². The summed E-state index contributed by atoms with van der Waals surface area (Å²) in [5, 5.41) is 1.11. The minimum Gasteiger partial charge on any atom is -0.318 e. The lowest BCUT2D eigenvalue weighted by Gasteiger charge is -2.25. The monoisotopic (exact) mass is 265 g/mol. The van der Waals surface area contributed by atoms with Gasteiger partial charge in [-0.1, -0.05) is 11.6 Å². The molecule has 1 aromatic heterocycles. The molecule has 1 nitrogen and oxygen atoms in total. The Morgan fingerprint density at radius 1 is 1.27 bits per heavy atom. The van der Waals surface area contributed by atoms with Gasteiger partial charge in [0.05, 0.1) is 5.02 Å². The minimum atomic E-state index is -5.68. The third kappa shape index (κ3) is 2.24. The molecule has 1 atom stereocenters. The van der Waals surface area contributed by atoms with Gasteiger partial charge < -0.3 is 5.73 Å². The molecule has 0 spiro atoms. The summed E-state index contributed by atoms with van der Waals surface area (Å²) in [5.74, 6) is -4.98. The Morgan fingerprint density at radius 2 is 1.80 bits per heavy atom. The molecule has 0 aliphatic heterocycles. The van der Waals surface area contributed by atoms with Crippen LogP contribution in [-0.4, -0.2) is 12.1 Å². The first-order valence-corrected chi connectivity index (χ1v) is 4.86. The van der Waals surface area contributed by atoms with E-state index in [1.807, 2.05) is 0 Å². The largest absolute Gasteiger partial charge is 0.455 e. The van der Waals surface area contributed by atoms with Gasteiger partial charge in [-0.25, -0.2) is 0 Å². The van der Waals surface area contributed by atoms with Crippen molar-refractivity contribution >= 4 is 22.9 Å². The standard InChI is InChI=1S/C7H5ClF5NS/c8-3-1-2-15-4(3)5(14)6(9,10)7(11,12)13/h1-2,5H,14H2/t5-/m0/s1. The lowest BCUT2D eigenvalue weighted by molar-refractivity contribution is -0.290. The molecule has 86 valence electrons. The maximum Gasteiger partial charge on any atom is 0.455 e. The van der Waals surface area contributed by atoms with E-state index in [0.717, 1.165) is 0 Å². The number of nitrogens with two attached hydrogens (primary N) is 1. The Bertz CT molecular complexity index is 347. The minimum absolute atomic E-state index is 0.184. The van der Waals surface area contributed by atoms with Crippen molar-refractivity contribution in [2.75, 3.05) is 0 Å². The fourth-order valence-electron chi connectivity index (χ4n) is 0.868. The van der Waals surface area contributed by atoms with Crippen LogP contribution in [0.3, 0.4) is 0 Å². The fourth-order valence-corrected chi connectivity index (χ4v) is 2.08. The maximum atomic E-state index is 12.8. The Balaban J connectivity index is 3.05. The summed E-state index contributed by atoms with van der Waals surface area (Å²) in [4.78, 5) is -0.376. The highest BCUT2D eigenvalue weighted by Gasteiger charge is 2.62. The van der Waals surface area contributed by atoms with Crippen LogP contribution in [0.2, 0.25) is 5.02 Å². The van der Waals surface area contributed by atoms with Crippen molar-refractivity contribution in [3.63, 3.8) is 0 Å². The van der Waals surface area contributed by atoms with E-state index in [1.54, 1.807) is 0 Å². The molecule has 2 N–H and O–H groups in total. The molecule has 15 heavy (non-hydrogen) atoms. The summed E-state index contributed by atoms with van der Waals surface area (Å²) in [6.07, 6.45) is -5.68. The number of halogens is 6. The van der Waals surface area contributed by atoms with Crippen LogP contribution in [0.25, 0.3) is 0 Å². The van der Waals surface area contributed by atoms with Gasteiger partial charge in [-0.15, -0.1) is 11.3 Å². The second-order valence-corrected chi connectivity index (χ2v) is 4.09. The zero-order valence-electron chi connectivity index (χ0n) is 6.99. The summed E-state index contributed by atoms with van der Waals surface area (Å²) in [6.45, 7) is 0. The van der Waals surface area contributed by atoms with Gasteiger partial charge in [0.25, 0.3) is 0 Å². The molecule has 8 heteroatoms. The van der Waals surface area contributed by atoms with E-state index in [2.05, 4.69) is 0 Å². The van der Waals surface area contributed by atoms with Crippen LogP contribution in [0.5, 0.6) is 0 Å². The lowest BCUT2D eigenvalue weighted by Crippen LogP contribution is -2.45. The van der Waals surface area contributed by atoms with Gasteiger partial charge in [0.1, 0.15) is 6.04 Å². The van der Waals surface area contributed by atoms with Gasteiger partial charge in [0.15, 0.2) is 0 Å². The van der Waals surface area contributed by atoms with Crippen molar-refractivity contribution < 1.29 is 22.0 Å². The van der Waals surface area contributed by atoms with Crippen LogP contribution in [-0.2, 0) is 0 Å². The SMILES string of the molecule is N[C@@H](c1sccc1Cl)C(F)(F)C(F)(F)F. The number of hydrogen-bond donors (Lipinski definition) is 1. The summed E-state index contributed by atoms with van der Waals surface area (Å²) < 4.78 is 61.3. The fraction of sp³-hybridized carbons (Fsp3) is 0.429. The van der Waals surface area contributed by atoms with Crippen LogP contribution < -0.4 is 5.73 Å². The number of alkyl halides is 5. The maximum absolute atomic E-state index is 12.8. The molecule has 0 bridgehead atoms. The Labute approximate surface area is 90.6 Å². The molecule has 0 amide bonds. The van der Waals surface area contributed by atoms with Crippen LogP contribution in [0.1, 0.15) is 10.9 Å². The number of rotatable bonds is 2. The molecule has 0 unspecified atom stereocenters. The van der Waals surface area contributed by atoms with Gasteiger partial charge >= 0.3 is 12.1 Å². The highest BCUT2D eigenvalue weighted by Crippen LogP contribution is 2.45. The predicted molar refractivity (Wildman–Crippen MR) is 47.3 cm³/mol. The predicted octanol–water partition coefficient (Wildman–Crippen LogP) is 3.60. The summed E-state index contributed by atoms with van der Waals surface area (Å²) in [5.41, 5.74) is 4.86. The van der Waals surface area contributed by atoms with Gasteiger partial charge in [0.2, 0.25) is 0 Å². The van der Waals surface area contributed by atoms with Crippen molar-refractivity contribution in [3.8, 4) is 0 Å². The molecule has 0 saturated carbocycles. The molecular formula is C7H5ClF5NS. The average molecular weight is 266 g/mol. The van der Waals surface area contributed by atoms with E-state index in [1.165, 1.54) is 11.4 Å². The Morgan fingerprint density at radius 3 is 2.13 bits per heavy atom. The van der Waals surface area contributed by atoms with Gasteiger partial charge in [-0.2, -0.15) is 22.0 Å². The summed E-state index contributed by atoms with van der Waals surface area (Å²) in [7, 11) is 0. The van der Waals surface area contributed by atoms with Gasteiger partial charge in [0, 0.05) is 4.88 Å². The first-order chi connectivity index (χ1) is 6.68. The van der Waals surface area contributed by atoms with Crippen LogP contribution >= 0.6 is 22.9 Å². The topological polar surface area (TPSA) is 26.0 Å². The second-order valence-electron chi connectivity index (χ2n) is 2.73. The molecule has 0 fully saturated rings.